The van der Waals surface area contributed by atoms with Gasteiger partial charge in [-0.3, -0.25) is 4.79 Å². The van der Waals surface area contributed by atoms with Crippen molar-refractivity contribution in [2.45, 2.75) is 0 Å². The van der Waals surface area contributed by atoms with Crippen molar-refractivity contribution in [2.75, 3.05) is 0 Å². The lowest BCUT2D eigenvalue weighted by Crippen LogP contribution is -1.79. The lowest BCUT2D eigenvalue weighted by molar-refractivity contribution is -0.104. The van der Waals surface area contributed by atoms with Crippen LogP contribution in [0.25, 0.3) is 0 Å². The van der Waals surface area contributed by atoms with Gasteiger partial charge in [-0.2, -0.15) is 0 Å². The molecule has 64 valence electrons. The van der Waals surface area contributed by atoms with Crippen LogP contribution >= 0.6 is 0 Å². The largest absolute Gasteiger partial charge is 0.407 e. The Hall–Kier alpha value is -2.01. The Labute approximate surface area is 76.8 Å². The van der Waals surface area contributed by atoms with E-state index >= 15 is 0 Å². The van der Waals surface area contributed by atoms with Crippen LogP contribution in [0.4, 0.5) is 0 Å². The molecule has 2 nitrogen and oxygen atoms in total. The molecule has 0 atom stereocenters. The van der Waals surface area contributed by atoms with E-state index in [0.717, 1.165) is 0 Å². The van der Waals surface area contributed by atoms with E-state index in [4.69, 9.17) is 4.74 Å². The zero-order valence-electron chi connectivity index (χ0n) is 6.94. The van der Waals surface area contributed by atoms with Gasteiger partial charge in [0.15, 0.2) is 0 Å². The minimum atomic E-state index is 0.664. The first-order valence-corrected chi connectivity index (χ1v) is 3.76. The van der Waals surface area contributed by atoms with Crippen LogP contribution < -0.4 is 4.74 Å². The van der Waals surface area contributed by atoms with Crippen molar-refractivity contribution in [3.05, 3.63) is 42.5 Å². The number of carbonyl (C=O) groups excluding carboxylic acids is 1. The molecule has 0 aliphatic carbocycles. The maximum atomic E-state index is 9.84. The topological polar surface area (TPSA) is 26.3 Å². The normalized spacial score (nSPS) is 8.92. The van der Waals surface area contributed by atoms with Crippen LogP contribution in [0.5, 0.6) is 5.75 Å². The highest BCUT2D eigenvalue weighted by Gasteiger charge is 1.84. The fraction of sp³-hybridized carbons (Fsp3) is 0. The molecule has 0 radical (unpaired) electrons. The molecule has 0 saturated carbocycles. The van der Waals surface area contributed by atoms with Crippen molar-refractivity contribution in [2.24, 2.45) is 0 Å². The molecule has 0 saturated heterocycles. The molecular formula is C11H8O2. The summed E-state index contributed by atoms with van der Waals surface area (Å²) in [6.45, 7) is 0. The Morgan fingerprint density at radius 3 is 2.69 bits per heavy atom. The van der Waals surface area contributed by atoms with Crippen LogP contribution in [0.3, 0.4) is 0 Å². The van der Waals surface area contributed by atoms with E-state index in [-0.39, 0.29) is 0 Å². The van der Waals surface area contributed by atoms with E-state index in [2.05, 4.69) is 12.0 Å². The van der Waals surface area contributed by atoms with Crippen molar-refractivity contribution >= 4 is 6.29 Å². The molecule has 0 amide bonds. The Bertz CT molecular complexity index is 341. The average molecular weight is 172 g/mol. The lowest BCUT2D eigenvalue weighted by atomic mass is 10.3. The summed E-state index contributed by atoms with van der Waals surface area (Å²) >= 11 is 0. The van der Waals surface area contributed by atoms with Gasteiger partial charge in [-0.15, -0.1) is 0 Å². The number of carbonyl (C=O) groups is 1. The summed E-state index contributed by atoms with van der Waals surface area (Å²) in [7, 11) is 0. The van der Waals surface area contributed by atoms with Gasteiger partial charge < -0.3 is 4.74 Å². The van der Waals surface area contributed by atoms with Crippen LogP contribution in [0.15, 0.2) is 42.5 Å². The Balaban J connectivity index is 2.46. The maximum absolute atomic E-state index is 9.84. The van der Waals surface area contributed by atoms with Gasteiger partial charge in [0.1, 0.15) is 18.1 Å². The van der Waals surface area contributed by atoms with Gasteiger partial charge in [0, 0.05) is 0 Å². The van der Waals surface area contributed by atoms with Crippen LogP contribution in [0.1, 0.15) is 0 Å². The predicted octanol–water partition coefficient (Wildman–Crippen LogP) is 1.78. The molecule has 0 aliphatic rings. The number of benzene rings is 1. The highest BCUT2D eigenvalue weighted by atomic mass is 16.5. The van der Waals surface area contributed by atoms with E-state index in [9.17, 15) is 4.79 Å². The second-order valence-electron chi connectivity index (χ2n) is 2.16. The highest BCUT2D eigenvalue weighted by Crippen LogP contribution is 2.06. The molecular weight excluding hydrogens is 164 g/mol. The molecule has 1 aromatic rings. The van der Waals surface area contributed by atoms with E-state index in [1.165, 1.54) is 12.2 Å². The van der Waals surface area contributed by atoms with Crippen molar-refractivity contribution in [3.8, 4) is 17.8 Å². The zero-order chi connectivity index (χ0) is 9.36. The summed E-state index contributed by atoms with van der Waals surface area (Å²) in [5.41, 5.74) is 0. The number of hydrogen-bond acceptors (Lipinski definition) is 2. The van der Waals surface area contributed by atoms with E-state index < -0.39 is 0 Å². The fourth-order valence-electron chi connectivity index (χ4n) is 0.698. The van der Waals surface area contributed by atoms with Gasteiger partial charge in [0.2, 0.25) is 0 Å². The third kappa shape index (κ3) is 3.78. The molecule has 0 spiro atoms. The summed E-state index contributed by atoms with van der Waals surface area (Å²) in [5, 5.41) is 0. The quantitative estimate of drug-likeness (QED) is 0.386. The molecule has 0 N–H and O–H groups in total. The van der Waals surface area contributed by atoms with Crippen LogP contribution in [-0.4, -0.2) is 6.29 Å². The Morgan fingerprint density at radius 1 is 1.23 bits per heavy atom. The molecule has 1 aromatic carbocycles. The van der Waals surface area contributed by atoms with E-state index in [1.54, 1.807) is 12.1 Å². The standard InChI is InChI=1S/C11H8O2/c12-9-5-2-6-10-13-11-7-3-1-4-8-11/h1-5,7-9H/b5-2+. The van der Waals surface area contributed by atoms with Crippen molar-refractivity contribution in [1.29, 1.82) is 0 Å². The van der Waals surface area contributed by atoms with Gasteiger partial charge in [-0.05, 0) is 30.2 Å². The highest BCUT2D eigenvalue weighted by molar-refractivity contribution is 5.65. The Kier molecular flexibility index (Phi) is 3.92. The minimum absolute atomic E-state index is 0.664. The monoisotopic (exact) mass is 172 g/mol. The van der Waals surface area contributed by atoms with Gasteiger partial charge in [-0.1, -0.05) is 18.2 Å². The third-order valence-corrected chi connectivity index (χ3v) is 1.23. The van der Waals surface area contributed by atoms with Crippen molar-refractivity contribution in [3.63, 3.8) is 0 Å². The lowest BCUT2D eigenvalue weighted by Gasteiger charge is -1.92. The fourth-order valence-corrected chi connectivity index (χ4v) is 0.698. The first-order valence-electron chi connectivity index (χ1n) is 3.76. The van der Waals surface area contributed by atoms with Crippen LogP contribution in [-0.2, 0) is 4.79 Å². The Morgan fingerprint density at radius 2 is 2.00 bits per heavy atom. The summed E-state index contributed by atoms with van der Waals surface area (Å²) in [6, 6.07) is 9.22. The van der Waals surface area contributed by atoms with Gasteiger partial charge in [0.05, 0.1) is 0 Å². The summed E-state index contributed by atoms with van der Waals surface area (Å²) in [4.78, 5) is 9.84. The summed E-state index contributed by atoms with van der Waals surface area (Å²) in [6.07, 6.45) is 5.84. The van der Waals surface area contributed by atoms with Crippen molar-refractivity contribution in [1.82, 2.24) is 0 Å². The van der Waals surface area contributed by atoms with Crippen molar-refractivity contribution < 1.29 is 9.53 Å². The van der Waals surface area contributed by atoms with Crippen LogP contribution in [0, 0.1) is 12.0 Å². The number of para-hydroxylation sites is 1. The van der Waals surface area contributed by atoms with Gasteiger partial charge in [0.25, 0.3) is 0 Å². The molecule has 0 aromatic heterocycles. The maximum Gasteiger partial charge on any atom is 0.143 e. The molecule has 0 fully saturated rings. The van der Waals surface area contributed by atoms with E-state index in [1.807, 2.05) is 18.2 Å². The smallest absolute Gasteiger partial charge is 0.143 e. The number of ether oxygens (including phenoxy) is 1. The zero-order valence-corrected chi connectivity index (χ0v) is 6.94. The molecule has 0 heterocycles. The molecule has 1 rings (SSSR count). The van der Waals surface area contributed by atoms with Gasteiger partial charge in [-0.25, -0.2) is 0 Å². The molecule has 2 heteroatoms. The number of allylic oxidation sites excluding steroid dienone is 2. The second kappa shape index (κ2) is 5.62. The number of aldehydes is 1. The average Bonchev–Trinajstić information content (AvgIpc) is 2.19. The van der Waals surface area contributed by atoms with Crippen LogP contribution in [0.2, 0.25) is 0 Å². The SMILES string of the molecule is O=C/C=C/C#COc1ccccc1. The molecule has 0 bridgehead atoms. The first kappa shape index (κ1) is 9.08. The molecule has 0 unspecified atom stereocenters. The number of rotatable bonds is 2. The van der Waals surface area contributed by atoms with Gasteiger partial charge >= 0.3 is 0 Å². The summed E-state index contributed by atoms with van der Waals surface area (Å²) < 4.78 is 5.02. The minimum Gasteiger partial charge on any atom is -0.407 e. The predicted molar refractivity (Wildman–Crippen MR) is 50.1 cm³/mol. The summed E-state index contributed by atoms with van der Waals surface area (Å²) in [5.74, 6) is 3.24. The third-order valence-electron chi connectivity index (χ3n) is 1.23. The second-order valence-corrected chi connectivity index (χ2v) is 2.16. The van der Waals surface area contributed by atoms with E-state index in [0.29, 0.717) is 12.0 Å². The first-order chi connectivity index (χ1) is 6.43. The molecule has 0 aliphatic heterocycles. The number of hydrogen-bond donors (Lipinski definition) is 0. The molecule has 13 heavy (non-hydrogen) atoms.